The number of nitrogens with zero attached hydrogens (tertiary/aromatic N) is 3. The fourth-order valence-corrected chi connectivity index (χ4v) is 3.04. The Morgan fingerprint density at radius 1 is 1.24 bits per heavy atom. The number of methoxy groups -OCH3 is 2. The lowest BCUT2D eigenvalue weighted by molar-refractivity contribution is -0.384. The SMILES string of the molecule is CC.COCCNc1c([N+](=O)[O-])cnc2cc(-c3c(C)noc3C)c(OC)cc12. The van der Waals surface area contributed by atoms with E-state index in [9.17, 15) is 10.1 Å². The van der Waals surface area contributed by atoms with Crippen molar-refractivity contribution in [2.75, 3.05) is 32.7 Å². The molecule has 0 aliphatic heterocycles. The van der Waals surface area contributed by atoms with Gasteiger partial charge in [0.2, 0.25) is 0 Å². The summed E-state index contributed by atoms with van der Waals surface area (Å²) in [6, 6.07) is 3.57. The molecule has 3 rings (SSSR count). The standard InChI is InChI=1S/C18H20N4O5.C2H6/c1-10-17(11(2)27-21-10)13-7-14-12(8-16(13)26-4)18(19-5-6-25-3)15(9-20-14)22(23)24;1-2/h7-9H,5-6H2,1-4H3,(H,19,20);1-2H3. The number of benzene rings is 1. The number of aromatic nitrogens is 2. The number of fused-ring (bicyclic) bond motifs is 1. The van der Waals surface area contributed by atoms with Crippen LogP contribution in [-0.2, 0) is 4.74 Å². The van der Waals surface area contributed by atoms with Crippen LogP contribution in [0.15, 0.2) is 22.9 Å². The summed E-state index contributed by atoms with van der Waals surface area (Å²) >= 11 is 0. The Kier molecular flexibility index (Phi) is 7.49. The summed E-state index contributed by atoms with van der Waals surface area (Å²) in [5, 5.41) is 19.1. The first kappa shape index (κ1) is 22.1. The van der Waals surface area contributed by atoms with E-state index < -0.39 is 4.92 Å². The van der Waals surface area contributed by atoms with Crippen LogP contribution in [-0.4, -0.2) is 42.4 Å². The number of rotatable bonds is 7. The van der Waals surface area contributed by atoms with E-state index in [2.05, 4.69) is 15.5 Å². The number of nitro groups is 1. The number of pyridine rings is 1. The zero-order valence-electron chi connectivity index (χ0n) is 17.5. The molecule has 0 unspecified atom stereocenters. The van der Waals surface area contributed by atoms with Gasteiger partial charge in [-0.25, -0.2) is 4.98 Å². The lowest BCUT2D eigenvalue weighted by Gasteiger charge is -2.14. The second-order valence-corrected chi connectivity index (χ2v) is 5.96. The second-order valence-electron chi connectivity index (χ2n) is 5.96. The zero-order chi connectivity index (χ0) is 21.6. The molecule has 0 atom stereocenters. The zero-order valence-corrected chi connectivity index (χ0v) is 17.5. The topological polar surface area (TPSA) is 113 Å². The number of anilines is 1. The molecule has 0 amide bonds. The summed E-state index contributed by atoms with van der Waals surface area (Å²) in [4.78, 5) is 15.3. The molecule has 156 valence electrons. The minimum atomic E-state index is -0.462. The van der Waals surface area contributed by atoms with E-state index in [1.54, 1.807) is 20.3 Å². The Morgan fingerprint density at radius 2 is 1.97 bits per heavy atom. The summed E-state index contributed by atoms with van der Waals surface area (Å²) in [6.45, 7) is 8.50. The van der Waals surface area contributed by atoms with E-state index in [0.717, 1.165) is 16.8 Å². The molecule has 0 radical (unpaired) electrons. The van der Waals surface area contributed by atoms with Gasteiger partial charge in [0.15, 0.2) is 0 Å². The third-order valence-corrected chi connectivity index (χ3v) is 4.28. The van der Waals surface area contributed by atoms with Crippen molar-refractivity contribution >= 4 is 22.3 Å². The van der Waals surface area contributed by atoms with Gasteiger partial charge in [0, 0.05) is 24.6 Å². The lowest BCUT2D eigenvalue weighted by Crippen LogP contribution is -2.10. The van der Waals surface area contributed by atoms with Crippen LogP contribution < -0.4 is 10.1 Å². The minimum absolute atomic E-state index is 0.106. The van der Waals surface area contributed by atoms with Crippen molar-refractivity contribution in [3.8, 4) is 16.9 Å². The van der Waals surface area contributed by atoms with E-state index in [1.807, 2.05) is 33.8 Å². The number of hydrogen-bond donors (Lipinski definition) is 1. The fourth-order valence-electron chi connectivity index (χ4n) is 3.04. The predicted molar refractivity (Wildman–Crippen MR) is 112 cm³/mol. The van der Waals surface area contributed by atoms with Gasteiger partial charge in [-0.05, 0) is 26.0 Å². The van der Waals surface area contributed by atoms with Gasteiger partial charge in [0.05, 0.1) is 35.4 Å². The Morgan fingerprint density at radius 3 is 2.52 bits per heavy atom. The van der Waals surface area contributed by atoms with Gasteiger partial charge in [-0.2, -0.15) is 0 Å². The van der Waals surface area contributed by atoms with E-state index in [4.69, 9.17) is 14.0 Å². The normalized spacial score (nSPS) is 10.4. The van der Waals surface area contributed by atoms with Gasteiger partial charge >= 0.3 is 5.69 Å². The maximum Gasteiger partial charge on any atom is 0.311 e. The first-order chi connectivity index (χ1) is 14.0. The van der Waals surface area contributed by atoms with Crippen LogP contribution >= 0.6 is 0 Å². The van der Waals surface area contributed by atoms with Gasteiger partial charge in [-0.15, -0.1) is 0 Å². The Hall–Kier alpha value is -3.20. The Bertz CT molecular complexity index is 981. The molecule has 0 bridgehead atoms. The van der Waals surface area contributed by atoms with Crippen molar-refractivity contribution in [3.05, 3.63) is 39.9 Å². The molecule has 29 heavy (non-hydrogen) atoms. The largest absolute Gasteiger partial charge is 0.496 e. The summed E-state index contributed by atoms with van der Waals surface area (Å²) < 4.78 is 15.8. The van der Waals surface area contributed by atoms with E-state index >= 15 is 0 Å². The van der Waals surface area contributed by atoms with Crippen LogP contribution in [0.3, 0.4) is 0 Å². The monoisotopic (exact) mass is 402 g/mol. The van der Waals surface area contributed by atoms with Crippen molar-refractivity contribution < 1.29 is 18.9 Å². The molecule has 0 aliphatic carbocycles. The van der Waals surface area contributed by atoms with Crippen molar-refractivity contribution in [1.82, 2.24) is 10.1 Å². The third-order valence-electron chi connectivity index (χ3n) is 4.28. The second kappa shape index (κ2) is 9.83. The Labute approximate surface area is 169 Å². The van der Waals surface area contributed by atoms with Crippen molar-refractivity contribution in [2.24, 2.45) is 0 Å². The smallest absolute Gasteiger partial charge is 0.311 e. The summed E-state index contributed by atoms with van der Waals surface area (Å²) in [7, 11) is 3.12. The summed E-state index contributed by atoms with van der Waals surface area (Å²) in [6.07, 6.45) is 1.25. The van der Waals surface area contributed by atoms with E-state index in [-0.39, 0.29) is 5.69 Å². The average molecular weight is 402 g/mol. The lowest BCUT2D eigenvalue weighted by atomic mass is 10.00. The molecular weight excluding hydrogens is 376 g/mol. The third kappa shape index (κ3) is 4.45. The number of nitrogens with one attached hydrogen (secondary N) is 1. The summed E-state index contributed by atoms with van der Waals surface area (Å²) in [5.41, 5.74) is 3.19. The molecule has 0 saturated heterocycles. The molecule has 9 heteroatoms. The molecule has 1 N–H and O–H groups in total. The first-order valence-corrected chi connectivity index (χ1v) is 9.29. The van der Waals surface area contributed by atoms with E-state index in [0.29, 0.717) is 41.3 Å². The molecule has 2 heterocycles. The molecule has 0 aliphatic rings. The molecule has 0 saturated carbocycles. The fraction of sp³-hybridized carbons (Fsp3) is 0.400. The van der Waals surface area contributed by atoms with E-state index in [1.165, 1.54) is 6.20 Å². The molecule has 0 spiro atoms. The van der Waals surface area contributed by atoms with Crippen LogP contribution in [0, 0.1) is 24.0 Å². The van der Waals surface area contributed by atoms with Crippen LogP contribution in [0.25, 0.3) is 22.0 Å². The number of aryl methyl sites for hydroxylation is 2. The maximum atomic E-state index is 11.4. The van der Waals surface area contributed by atoms with Crippen LogP contribution in [0.5, 0.6) is 5.75 Å². The molecule has 1 aromatic carbocycles. The van der Waals surface area contributed by atoms with Gasteiger partial charge in [0.1, 0.15) is 23.4 Å². The van der Waals surface area contributed by atoms with Crippen LogP contribution in [0.4, 0.5) is 11.4 Å². The molecular formula is C20H26N4O5. The van der Waals surface area contributed by atoms with Crippen molar-refractivity contribution in [3.63, 3.8) is 0 Å². The number of ether oxygens (including phenoxy) is 2. The highest BCUT2D eigenvalue weighted by molar-refractivity contribution is 5.99. The van der Waals surface area contributed by atoms with Gasteiger partial charge < -0.3 is 19.3 Å². The average Bonchev–Trinajstić information content (AvgIpc) is 3.06. The van der Waals surface area contributed by atoms with Crippen LogP contribution in [0.2, 0.25) is 0 Å². The molecule has 3 aromatic rings. The molecule has 0 fully saturated rings. The van der Waals surface area contributed by atoms with Crippen molar-refractivity contribution in [2.45, 2.75) is 27.7 Å². The van der Waals surface area contributed by atoms with Gasteiger partial charge in [-0.1, -0.05) is 19.0 Å². The first-order valence-electron chi connectivity index (χ1n) is 9.29. The minimum Gasteiger partial charge on any atom is -0.496 e. The maximum absolute atomic E-state index is 11.4. The highest BCUT2D eigenvalue weighted by Crippen LogP contribution is 2.40. The molecule has 9 nitrogen and oxygen atoms in total. The van der Waals surface area contributed by atoms with Crippen molar-refractivity contribution in [1.29, 1.82) is 0 Å². The quantitative estimate of drug-likeness (QED) is 0.349. The molecule has 2 aromatic heterocycles. The number of hydrogen-bond acceptors (Lipinski definition) is 8. The highest BCUT2D eigenvalue weighted by Gasteiger charge is 2.22. The van der Waals surface area contributed by atoms with Crippen LogP contribution in [0.1, 0.15) is 25.3 Å². The highest BCUT2D eigenvalue weighted by atomic mass is 16.6. The predicted octanol–water partition coefficient (Wildman–Crippen LogP) is 4.51. The van der Waals surface area contributed by atoms with Gasteiger partial charge in [-0.3, -0.25) is 10.1 Å². The van der Waals surface area contributed by atoms with Gasteiger partial charge in [0.25, 0.3) is 0 Å². The summed E-state index contributed by atoms with van der Waals surface area (Å²) in [5.74, 6) is 1.21. The Balaban J connectivity index is 0.00000145.